The third kappa shape index (κ3) is 3.14. The zero-order valence-electron chi connectivity index (χ0n) is 16.9. The maximum atomic E-state index is 12.5. The fourth-order valence-electron chi connectivity index (χ4n) is 5.73. The van der Waals surface area contributed by atoms with E-state index in [0.717, 1.165) is 12.8 Å². The summed E-state index contributed by atoms with van der Waals surface area (Å²) in [7, 11) is -1.69. The van der Waals surface area contributed by atoms with Crippen molar-refractivity contribution >= 4 is 14.3 Å². The number of ether oxygens (including phenoxy) is 1. The van der Waals surface area contributed by atoms with E-state index in [4.69, 9.17) is 9.16 Å². The molecule has 1 saturated carbocycles. The van der Waals surface area contributed by atoms with Crippen molar-refractivity contribution in [2.75, 3.05) is 0 Å². The first kappa shape index (κ1) is 19.2. The van der Waals surface area contributed by atoms with Crippen molar-refractivity contribution in [2.24, 2.45) is 29.1 Å². The molecule has 0 spiro atoms. The lowest BCUT2D eigenvalue weighted by Gasteiger charge is -2.41. The van der Waals surface area contributed by atoms with E-state index in [1.807, 2.05) is 0 Å². The van der Waals surface area contributed by atoms with Gasteiger partial charge in [0, 0.05) is 11.3 Å². The van der Waals surface area contributed by atoms with Crippen LogP contribution in [0.15, 0.2) is 12.2 Å². The molecule has 0 radical (unpaired) electrons. The van der Waals surface area contributed by atoms with Crippen molar-refractivity contribution in [3.8, 4) is 0 Å². The van der Waals surface area contributed by atoms with Crippen molar-refractivity contribution in [1.82, 2.24) is 0 Å². The SMILES string of the molecule is CC[Si](CC)(CC)O[C@H]1[C@@H]2CC(C)(C)[C@@H]3OC(=O)[C@@H](C/C=C\[C@H]1C)[C@H]23. The molecule has 3 rings (SSSR count). The summed E-state index contributed by atoms with van der Waals surface area (Å²) in [5.74, 6) is 1.24. The van der Waals surface area contributed by atoms with Crippen LogP contribution < -0.4 is 0 Å². The van der Waals surface area contributed by atoms with E-state index in [1.165, 1.54) is 18.1 Å². The third-order valence-corrected chi connectivity index (χ3v) is 12.1. The van der Waals surface area contributed by atoms with Crippen LogP contribution in [0.4, 0.5) is 0 Å². The lowest BCUT2D eigenvalue weighted by molar-refractivity contribution is -0.147. The molecule has 2 aliphatic carbocycles. The minimum absolute atomic E-state index is 0.0238. The molecule has 3 nitrogen and oxygen atoms in total. The Hall–Kier alpha value is -0.613. The van der Waals surface area contributed by atoms with Gasteiger partial charge in [0.25, 0.3) is 0 Å². The number of carbonyl (C=O) groups excluding carboxylic acids is 1. The van der Waals surface area contributed by atoms with Gasteiger partial charge in [0.1, 0.15) is 6.10 Å². The molecular weight excluding hydrogens is 328 g/mol. The lowest BCUT2D eigenvalue weighted by Crippen LogP contribution is -2.47. The van der Waals surface area contributed by atoms with E-state index in [-0.39, 0.29) is 29.5 Å². The molecule has 0 aromatic heterocycles. The highest BCUT2D eigenvalue weighted by Crippen LogP contribution is 2.57. The van der Waals surface area contributed by atoms with Crippen LogP contribution in [-0.4, -0.2) is 26.5 Å². The fraction of sp³-hybridized carbons (Fsp3) is 0.857. The van der Waals surface area contributed by atoms with Gasteiger partial charge < -0.3 is 9.16 Å². The van der Waals surface area contributed by atoms with E-state index in [1.54, 1.807) is 0 Å². The number of carbonyl (C=O) groups is 1. The summed E-state index contributed by atoms with van der Waals surface area (Å²) in [4.78, 5) is 12.5. The minimum atomic E-state index is -1.69. The average Bonchev–Trinajstić information content (AvgIpc) is 3.03. The van der Waals surface area contributed by atoms with Crippen LogP contribution in [0.25, 0.3) is 0 Å². The van der Waals surface area contributed by atoms with Gasteiger partial charge in [-0.05, 0) is 42.8 Å². The summed E-state index contributed by atoms with van der Waals surface area (Å²) >= 11 is 0. The van der Waals surface area contributed by atoms with E-state index in [2.05, 4.69) is 53.7 Å². The molecule has 0 unspecified atom stereocenters. The smallest absolute Gasteiger partial charge is 0.309 e. The first-order valence-electron chi connectivity index (χ1n) is 10.3. The zero-order valence-corrected chi connectivity index (χ0v) is 17.9. The summed E-state index contributed by atoms with van der Waals surface area (Å²) < 4.78 is 13.0. The average molecular weight is 365 g/mol. The standard InChI is InChI=1S/C21H36O3Si/c1-7-25(8-2,9-3)24-18-14(4)11-10-12-15-17-16(18)13-21(5,6)19(17)23-20(15)22/h10-11,14-19H,7-9,12-13H2,1-6H3/b11-10-/t14-,15+,16-,17-,18-,19-/m1/s1. The van der Waals surface area contributed by atoms with Gasteiger partial charge in [0.15, 0.2) is 8.32 Å². The Labute approximate surface area is 154 Å². The van der Waals surface area contributed by atoms with Crippen LogP contribution in [0.3, 0.4) is 0 Å². The number of allylic oxidation sites excluding steroid dienone is 1. The molecule has 4 heteroatoms. The van der Waals surface area contributed by atoms with Crippen molar-refractivity contribution in [3.63, 3.8) is 0 Å². The van der Waals surface area contributed by atoms with Crippen molar-refractivity contribution in [2.45, 2.75) is 84.7 Å². The summed E-state index contributed by atoms with van der Waals surface area (Å²) in [6.07, 6.45) is 6.75. The molecule has 25 heavy (non-hydrogen) atoms. The topological polar surface area (TPSA) is 35.5 Å². The molecular formula is C21H36O3Si. The first-order chi connectivity index (χ1) is 11.8. The largest absolute Gasteiger partial charge is 0.461 e. The van der Waals surface area contributed by atoms with Crippen LogP contribution in [0.1, 0.15) is 54.4 Å². The van der Waals surface area contributed by atoms with Crippen LogP contribution in [0.2, 0.25) is 18.1 Å². The summed E-state index contributed by atoms with van der Waals surface area (Å²) in [6, 6.07) is 3.53. The molecule has 3 aliphatic rings. The summed E-state index contributed by atoms with van der Waals surface area (Å²) in [6.45, 7) is 13.8. The summed E-state index contributed by atoms with van der Waals surface area (Å²) in [5.41, 5.74) is 0.0558. The molecule has 2 fully saturated rings. The van der Waals surface area contributed by atoms with E-state index < -0.39 is 8.32 Å². The molecule has 142 valence electrons. The predicted octanol–water partition coefficient (Wildman–Crippen LogP) is 5.18. The van der Waals surface area contributed by atoms with Gasteiger partial charge >= 0.3 is 5.97 Å². The Balaban J connectivity index is 1.98. The Morgan fingerprint density at radius 3 is 2.48 bits per heavy atom. The highest BCUT2D eigenvalue weighted by molar-refractivity contribution is 6.73. The van der Waals surface area contributed by atoms with Gasteiger partial charge in [-0.25, -0.2) is 0 Å². The maximum absolute atomic E-state index is 12.5. The van der Waals surface area contributed by atoms with Crippen LogP contribution in [0.5, 0.6) is 0 Å². The first-order valence-corrected chi connectivity index (χ1v) is 12.9. The van der Waals surface area contributed by atoms with Crippen molar-refractivity contribution in [1.29, 1.82) is 0 Å². The van der Waals surface area contributed by atoms with Crippen molar-refractivity contribution < 1.29 is 14.0 Å². The Morgan fingerprint density at radius 1 is 1.24 bits per heavy atom. The molecule has 1 aliphatic heterocycles. The number of hydrogen-bond donors (Lipinski definition) is 0. The molecule has 0 aromatic carbocycles. The zero-order chi connectivity index (χ0) is 18.4. The molecule has 0 amide bonds. The molecule has 1 heterocycles. The minimum Gasteiger partial charge on any atom is -0.461 e. The van der Waals surface area contributed by atoms with E-state index in [0.29, 0.717) is 17.8 Å². The van der Waals surface area contributed by atoms with Crippen LogP contribution in [0, 0.1) is 29.1 Å². The van der Waals surface area contributed by atoms with Crippen LogP contribution >= 0.6 is 0 Å². The summed E-state index contributed by atoms with van der Waals surface area (Å²) in [5, 5.41) is 0. The quantitative estimate of drug-likeness (QED) is 0.383. The molecule has 0 bridgehead atoms. The second kappa shape index (κ2) is 6.84. The highest BCUT2D eigenvalue weighted by atomic mass is 28.4. The molecule has 1 saturated heterocycles. The lowest BCUT2D eigenvalue weighted by atomic mass is 9.75. The Morgan fingerprint density at radius 2 is 1.88 bits per heavy atom. The molecule has 6 atom stereocenters. The number of rotatable bonds is 5. The Kier molecular flexibility index (Phi) is 5.24. The van der Waals surface area contributed by atoms with Gasteiger partial charge in [-0.15, -0.1) is 0 Å². The monoisotopic (exact) mass is 364 g/mol. The van der Waals surface area contributed by atoms with Gasteiger partial charge in [0.05, 0.1) is 12.0 Å². The molecule has 0 N–H and O–H groups in total. The van der Waals surface area contributed by atoms with Gasteiger partial charge in [-0.1, -0.05) is 53.7 Å². The third-order valence-electron chi connectivity index (χ3n) is 7.48. The second-order valence-electron chi connectivity index (χ2n) is 9.25. The van der Waals surface area contributed by atoms with Gasteiger partial charge in [0.2, 0.25) is 0 Å². The molecule has 0 aromatic rings. The fourth-order valence-corrected chi connectivity index (χ4v) is 8.70. The maximum Gasteiger partial charge on any atom is 0.309 e. The van der Waals surface area contributed by atoms with E-state index >= 15 is 0 Å². The number of hydrogen-bond acceptors (Lipinski definition) is 3. The van der Waals surface area contributed by atoms with E-state index in [9.17, 15) is 4.79 Å². The second-order valence-corrected chi connectivity index (χ2v) is 14.0. The normalized spacial score (nSPS) is 41.0. The van der Waals surface area contributed by atoms with Gasteiger partial charge in [-0.3, -0.25) is 4.79 Å². The number of esters is 1. The highest BCUT2D eigenvalue weighted by Gasteiger charge is 2.61. The van der Waals surface area contributed by atoms with Crippen molar-refractivity contribution in [3.05, 3.63) is 12.2 Å². The van der Waals surface area contributed by atoms with Crippen LogP contribution in [-0.2, 0) is 14.0 Å². The Bertz CT molecular complexity index is 529. The van der Waals surface area contributed by atoms with Gasteiger partial charge in [-0.2, -0.15) is 0 Å². The predicted molar refractivity (Wildman–Crippen MR) is 104 cm³/mol.